The molecule has 1 aromatic rings. The monoisotopic (exact) mass is 220 g/mol. The Balaban J connectivity index is 2.95. The van der Waals surface area contributed by atoms with E-state index in [1.165, 1.54) is 0 Å². The van der Waals surface area contributed by atoms with Crippen LogP contribution in [0.2, 0.25) is 0 Å². The highest BCUT2D eigenvalue weighted by Crippen LogP contribution is 2.22. The van der Waals surface area contributed by atoms with Gasteiger partial charge in [-0.25, -0.2) is 4.79 Å². The fourth-order valence-corrected chi connectivity index (χ4v) is 1.40. The van der Waals surface area contributed by atoms with Gasteiger partial charge in [-0.05, 0) is 31.0 Å². The summed E-state index contributed by atoms with van der Waals surface area (Å²) < 4.78 is 0. The van der Waals surface area contributed by atoms with Gasteiger partial charge in [0.25, 0.3) is 0 Å². The average Bonchev–Trinajstić information content (AvgIpc) is 2.23. The third kappa shape index (κ3) is 2.76. The van der Waals surface area contributed by atoms with Crippen LogP contribution in [0.4, 0.5) is 11.4 Å². The van der Waals surface area contributed by atoms with Crippen molar-refractivity contribution in [3.8, 4) is 0 Å². The van der Waals surface area contributed by atoms with Gasteiger partial charge >= 0.3 is 5.97 Å². The number of benzene rings is 1. The van der Waals surface area contributed by atoms with Gasteiger partial charge in [-0.2, -0.15) is 0 Å². The molecular formula is C12H16N2O2. The Morgan fingerprint density at radius 3 is 2.88 bits per heavy atom. The average molecular weight is 220 g/mol. The molecule has 0 bridgehead atoms. The first-order chi connectivity index (χ1) is 7.56. The van der Waals surface area contributed by atoms with Crippen LogP contribution in [0.15, 0.2) is 24.8 Å². The van der Waals surface area contributed by atoms with E-state index < -0.39 is 5.97 Å². The molecular weight excluding hydrogens is 204 g/mol. The first-order valence-electron chi connectivity index (χ1n) is 5.04. The van der Waals surface area contributed by atoms with Gasteiger partial charge in [-0.15, -0.1) is 6.58 Å². The fraction of sp³-hybridized carbons (Fsp3) is 0.250. The van der Waals surface area contributed by atoms with Gasteiger partial charge in [0.2, 0.25) is 0 Å². The number of hydrogen-bond acceptors (Lipinski definition) is 3. The molecule has 4 heteroatoms. The molecule has 0 saturated heterocycles. The molecule has 0 aromatic heterocycles. The first kappa shape index (κ1) is 12.1. The molecule has 0 amide bonds. The van der Waals surface area contributed by atoms with E-state index in [1.807, 2.05) is 6.07 Å². The minimum absolute atomic E-state index is 0.140. The molecule has 0 spiro atoms. The molecule has 1 aromatic carbocycles. The van der Waals surface area contributed by atoms with E-state index in [4.69, 9.17) is 10.8 Å². The largest absolute Gasteiger partial charge is 0.478 e. The second-order valence-electron chi connectivity index (χ2n) is 3.56. The number of carboxylic acids is 1. The van der Waals surface area contributed by atoms with Crippen LogP contribution in [0.1, 0.15) is 22.3 Å². The van der Waals surface area contributed by atoms with E-state index in [9.17, 15) is 4.79 Å². The molecule has 4 nitrogen and oxygen atoms in total. The predicted octanol–water partition coefficient (Wildman–Crippen LogP) is 2.26. The van der Waals surface area contributed by atoms with Gasteiger partial charge in [0.15, 0.2) is 0 Å². The number of anilines is 2. The van der Waals surface area contributed by atoms with E-state index in [-0.39, 0.29) is 5.56 Å². The number of aromatic carboxylic acids is 1. The molecule has 0 saturated carbocycles. The van der Waals surface area contributed by atoms with Gasteiger partial charge < -0.3 is 16.2 Å². The fourth-order valence-electron chi connectivity index (χ4n) is 1.40. The van der Waals surface area contributed by atoms with E-state index in [2.05, 4.69) is 11.9 Å². The lowest BCUT2D eigenvalue weighted by atomic mass is 10.1. The molecule has 0 aliphatic heterocycles. The predicted molar refractivity (Wildman–Crippen MR) is 65.9 cm³/mol. The first-order valence-corrected chi connectivity index (χ1v) is 5.04. The van der Waals surface area contributed by atoms with Crippen LogP contribution < -0.4 is 11.1 Å². The number of aryl methyl sites for hydroxylation is 1. The van der Waals surface area contributed by atoms with Gasteiger partial charge in [-0.1, -0.05) is 6.08 Å². The van der Waals surface area contributed by atoms with E-state index in [1.54, 1.807) is 19.1 Å². The molecule has 86 valence electrons. The summed E-state index contributed by atoms with van der Waals surface area (Å²) in [7, 11) is 0. The van der Waals surface area contributed by atoms with Crippen LogP contribution >= 0.6 is 0 Å². The SMILES string of the molecule is C=CCCNc1cc(C)c(N)c(C(=O)O)c1. The molecule has 0 aliphatic carbocycles. The lowest BCUT2D eigenvalue weighted by Crippen LogP contribution is -2.07. The van der Waals surface area contributed by atoms with Crippen molar-refractivity contribution in [2.24, 2.45) is 0 Å². The van der Waals surface area contributed by atoms with Crippen molar-refractivity contribution in [3.63, 3.8) is 0 Å². The zero-order valence-electron chi connectivity index (χ0n) is 9.29. The van der Waals surface area contributed by atoms with Crippen molar-refractivity contribution in [3.05, 3.63) is 35.9 Å². The van der Waals surface area contributed by atoms with Gasteiger partial charge in [0.1, 0.15) is 0 Å². The topological polar surface area (TPSA) is 75.3 Å². The second-order valence-corrected chi connectivity index (χ2v) is 3.56. The Morgan fingerprint density at radius 2 is 2.31 bits per heavy atom. The number of hydrogen-bond donors (Lipinski definition) is 3. The van der Waals surface area contributed by atoms with Crippen molar-refractivity contribution in [1.29, 1.82) is 0 Å². The van der Waals surface area contributed by atoms with Crippen LogP contribution in [0, 0.1) is 6.92 Å². The molecule has 0 fully saturated rings. The van der Waals surface area contributed by atoms with Crippen LogP contribution in [0.5, 0.6) is 0 Å². The molecule has 0 heterocycles. The third-order valence-corrected chi connectivity index (χ3v) is 2.29. The smallest absolute Gasteiger partial charge is 0.337 e. The zero-order valence-corrected chi connectivity index (χ0v) is 9.29. The maximum atomic E-state index is 10.9. The number of carboxylic acid groups (broad SMARTS) is 1. The Morgan fingerprint density at radius 1 is 1.62 bits per heavy atom. The highest BCUT2D eigenvalue weighted by Gasteiger charge is 2.11. The van der Waals surface area contributed by atoms with Crippen LogP contribution in [0.3, 0.4) is 0 Å². The van der Waals surface area contributed by atoms with Crippen molar-refractivity contribution in [2.45, 2.75) is 13.3 Å². The van der Waals surface area contributed by atoms with Crippen LogP contribution in [0.25, 0.3) is 0 Å². The Kier molecular flexibility index (Phi) is 3.94. The highest BCUT2D eigenvalue weighted by molar-refractivity contribution is 5.95. The maximum absolute atomic E-state index is 10.9. The lowest BCUT2D eigenvalue weighted by molar-refractivity contribution is 0.0698. The van der Waals surface area contributed by atoms with Crippen molar-refractivity contribution in [1.82, 2.24) is 0 Å². The molecule has 16 heavy (non-hydrogen) atoms. The summed E-state index contributed by atoms with van der Waals surface area (Å²) in [5.41, 5.74) is 7.68. The summed E-state index contributed by atoms with van der Waals surface area (Å²) >= 11 is 0. The second kappa shape index (κ2) is 5.21. The summed E-state index contributed by atoms with van der Waals surface area (Å²) in [5.74, 6) is -1.01. The Labute approximate surface area is 94.8 Å². The number of nitrogens with one attached hydrogen (secondary N) is 1. The summed E-state index contributed by atoms with van der Waals surface area (Å²) in [4.78, 5) is 10.9. The molecule has 1 rings (SSSR count). The summed E-state index contributed by atoms with van der Waals surface area (Å²) in [6, 6.07) is 3.39. The van der Waals surface area contributed by atoms with Crippen molar-refractivity contribution in [2.75, 3.05) is 17.6 Å². The van der Waals surface area contributed by atoms with Gasteiger partial charge in [0, 0.05) is 17.9 Å². The lowest BCUT2D eigenvalue weighted by Gasteiger charge is -2.10. The van der Waals surface area contributed by atoms with Gasteiger partial charge in [0.05, 0.1) is 5.56 Å². The minimum Gasteiger partial charge on any atom is -0.478 e. The number of rotatable bonds is 5. The Bertz CT molecular complexity index is 414. The van der Waals surface area contributed by atoms with E-state index in [0.29, 0.717) is 5.69 Å². The quantitative estimate of drug-likeness (QED) is 0.404. The number of nitrogens with two attached hydrogens (primary N) is 1. The molecule has 0 atom stereocenters. The van der Waals surface area contributed by atoms with Crippen LogP contribution in [-0.4, -0.2) is 17.6 Å². The highest BCUT2D eigenvalue weighted by atomic mass is 16.4. The molecule has 0 radical (unpaired) electrons. The maximum Gasteiger partial charge on any atom is 0.337 e. The normalized spacial score (nSPS) is 9.81. The molecule has 0 aliphatic rings. The standard InChI is InChI=1S/C12H16N2O2/c1-3-4-5-14-9-6-8(2)11(13)10(7-9)12(15)16/h3,6-7,14H,1,4-5,13H2,2H3,(H,15,16). The summed E-state index contributed by atoms with van der Waals surface area (Å²) in [6.45, 7) is 6.14. The number of carbonyl (C=O) groups is 1. The van der Waals surface area contributed by atoms with Crippen molar-refractivity contribution < 1.29 is 9.90 Å². The van der Waals surface area contributed by atoms with E-state index >= 15 is 0 Å². The minimum atomic E-state index is -1.01. The third-order valence-electron chi connectivity index (χ3n) is 2.29. The van der Waals surface area contributed by atoms with E-state index in [0.717, 1.165) is 24.2 Å². The van der Waals surface area contributed by atoms with Crippen LogP contribution in [-0.2, 0) is 0 Å². The van der Waals surface area contributed by atoms with Gasteiger partial charge in [-0.3, -0.25) is 0 Å². The zero-order chi connectivity index (χ0) is 12.1. The molecule has 4 N–H and O–H groups in total. The number of nitrogen functional groups attached to an aromatic ring is 1. The van der Waals surface area contributed by atoms with Crippen molar-refractivity contribution >= 4 is 17.3 Å². The Hall–Kier alpha value is -1.97. The summed E-state index contributed by atoms with van der Waals surface area (Å²) in [6.07, 6.45) is 2.63. The summed E-state index contributed by atoms with van der Waals surface area (Å²) in [5, 5.41) is 12.1. The molecule has 0 unspecified atom stereocenters.